The topological polar surface area (TPSA) is 109 Å². The van der Waals surface area contributed by atoms with Crippen molar-refractivity contribution in [1.82, 2.24) is 29.3 Å². The van der Waals surface area contributed by atoms with Gasteiger partial charge in [-0.05, 0) is 73.2 Å². The Bertz CT molecular complexity index is 2040. The Labute approximate surface area is 251 Å². The zero-order chi connectivity index (χ0) is 31.0. The highest BCUT2D eigenvalue weighted by Crippen LogP contribution is 2.38. The first-order chi connectivity index (χ1) is 21.2. The van der Waals surface area contributed by atoms with Crippen LogP contribution in [0.4, 0.5) is 13.2 Å². The van der Waals surface area contributed by atoms with E-state index in [1.807, 2.05) is 42.1 Å². The van der Waals surface area contributed by atoms with Crippen molar-refractivity contribution in [2.45, 2.75) is 38.3 Å². The van der Waals surface area contributed by atoms with E-state index in [9.17, 15) is 23.7 Å². The summed E-state index contributed by atoms with van der Waals surface area (Å²) in [6.07, 6.45) is 9.17. The molecule has 6 rings (SSSR count). The van der Waals surface area contributed by atoms with Crippen molar-refractivity contribution in [2.75, 3.05) is 0 Å². The molecule has 1 aliphatic rings. The zero-order valence-electron chi connectivity index (χ0n) is 23.8. The van der Waals surface area contributed by atoms with E-state index >= 15 is 0 Å². The average Bonchev–Trinajstić information content (AvgIpc) is 3.70. The maximum absolute atomic E-state index is 13.7. The number of halogens is 3. The second-order valence-electron chi connectivity index (χ2n) is 10.7. The van der Waals surface area contributed by atoms with E-state index in [-0.39, 0.29) is 5.69 Å². The zero-order valence-corrected chi connectivity index (χ0v) is 23.8. The van der Waals surface area contributed by atoms with Crippen LogP contribution >= 0.6 is 0 Å². The number of rotatable bonds is 6. The van der Waals surface area contributed by atoms with Gasteiger partial charge in [-0.15, -0.1) is 0 Å². The van der Waals surface area contributed by atoms with Gasteiger partial charge in [0.25, 0.3) is 0 Å². The van der Waals surface area contributed by atoms with Crippen LogP contribution < -0.4 is 0 Å². The van der Waals surface area contributed by atoms with Crippen molar-refractivity contribution in [3.05, 3.63) is 124 Å². The Morgan fingerprint density at radius 3 is 2.52 bits per heavy atom. The molecule has 4 heterocycles. The SMILES string of the molecule is Cc1cc(C(c2ccnc(C(F)(F)F)c2)c2cncn2C)cc2c(C#N)c(CC3=CC=C(n4cccn4)CC3)c(C#N)nc12. The molecule has 0 amide bonds. The van der Waals surface area contributed by atoms with Gasteiger partial charge in [-0.25, -0.2) is 14.6 Å². The number of fused-ring (bicyclic) bond motifs is 1. The molecule has 44 heavy (non-hydrogen) atoms. The molecule has 4 aromatic heterocycles. The normalized spacial score (nSPS) is 14.1. The van der Waals surface area contributed by atoms with E-state index in [2.05, 4.69) is 32.2 Å². The molecule has 1 aliphatic carbocycles. The Morgan fingerprint density at radius 1 is 1.05 bits per heavy atom. The van der Waals surface area contributed by atoms with Crippen LogP contribution in [-0.4, -0.2) is 29.3 Å². The quantitative estimate of drug-likeness (QED) is 0.220. The molecule has 5 aromatic rings. The van der Waals surface area contributed by atoms with E-state index in [1.165, 1.54) is 0 Å². The molecule has 8 nitrogen and oxygen atoms in total. The molecular weight excluding hydrogens is 565 g/mol. The van der Waals surface area contributed by atoms with Crippen LogP contribution in [-0.2, 0) is 19.6 Å². The lowest BCUT2D eigenvalue weighted by molar-refractivity contribution is -0.141. The van der Waals surface area contributed by atoms with E-state index in [0.29, 0.717) is 50.8 Å². The Kier molecular flexibility index (Phi) is 7.32. The summed E-state index contributed by atoms with van der Waals surface area (Å²) in [5, 5.41) is 25.3. The highest BCUT2D eigenvalue weighted by atomic mass is 19.4. The van der Waals surface area contributed by atoms with Crippen LogP contribution in [0.1, 0.15) is 63.7 Å². The minimum absolute atomic E-state index is 0.180. The van der Waals surface area contributed by atoms with E-state index in [1.54, 1.807) is 42.5 Å². The molecular formula is C33H25F3N8. The summed E-state index contributed by atoms with van der Waals surface area (Å²) in [5.74, 6) is -0.646. The maximum Gasteiger partial charge on any atom is 0.433 e. The number of aryl methyl sites for hydroxylation is 2. The first-order valence-corrected chi connectivity index (χ1v) is 13.8. The molecule has 218 valence electrons. The fourth-order valence-corrected chi connectivity index (χ4v) is 5.80. The number of alkyl halides is 3. The molecule has 1 atom stereocenters. The number of imidazole rings is 1. The highest BCUT2D eigenvalue weighted by molar-refractivity contribution is 5.90. The van der Waals surface area contributed by atoms with E-state index in [0.717, 1.165) is 36.4 Å². The summed E-state index contributed by atoms with van der Waals surface area (Å²) in [6, 6.07) is 12.6. The fraction of sp³-hybridized carbons (Fsp3) is 0.212. The Balaban J connectivity index is 1.50. The Morgan fingerprint density at radius 2 is 1.89 bits per heavy atom. The number of hydrogen-bond donors (Lipinski definition) is 0. The summed E-state index contributed by atoms with van der Waals surface area (Å²) in [4.78, 5) is 12.4. The number of aromatic nitrogens is 6. The molecule has 1 unspecified atom stereocenters. The van der Waals surface area contributed by atoms with Crippen LogP contribution in [0.3, 0.4) is 0 Å². The lowest BCUT2D eigenvalue weighted by Crippen LogP contribution is -2.13. The standard InChI is InChI=1S/C33H25F3N8/c1-20-12-23(31(29-18-39-19-43(29)2)22-8-10-40-30(15-22)33(34,35)36)14-26-27(16-37)25(28(17-38)42-32(20)26)13-21-4-6-24(7-5-21)44-11-3-9-41-44/h3-4,6,8-12,14-15,18-19,31H,5,7,13H2,1-2H3. The molecule has 0 bridgehead atoms. The Hall–Kier alpha value is -5.55. The molecule has 0 fully saturated rings. The van der Waals surface area contributed by atoms with Crippen LogP contribution in [0.2, 0.25) is 0 Å². The molecule has 1 aromatic carbocycles. The summed E-state index contributed by atoms with van der Waals surface area (Å²) in [6.45, 7) is 1.82. The first kappa shape index (κ1) is 28.6. The number of hydrogen-bond acceptors (Lipinski definition) is 6. The van der Waals surface area contributed by atoms with E-state index in [4.69, 9.17) is 0 Å². The minimum atomic E-state index is -4.62. The van der Waals surface area contributed by atoms with Crippen molar-refractivity contribution in [2.24, 2.45) is 7.05 Å². The summed E-state index contributed by atoms with van der Waals surface area (Å²) in [5.41, 5.74) is 5.03. The monoisotopic (exact) mass is 590 g/mol. The lowest BCUT2D eigenvalue weighted by Gasteiger charge is -2.22. The number of benzene rings is 1. The van der Waals surface area contributed by atoms with Crippen LogP contribution in [0.5, 0.6) is 0 Å². The van der Waals surface area contributed by atoms with Gasteiger partial charge in [0.2, 0.25) is 0 Å². The van der Waals surface area contributed by atoms with Crippen molar-refractivity contribution in [3.63, 3.8) is 0 Å². The van der Waals surface area contributed by atoms with Gasteiger partial charge in [-0.2, -0.15) is 28.8 Å². The van der Waals surface area contributed by atoms with Gasteiger partial charge in [0, 0.05) is 54.2 Å². The number of allylic oxidation sites excluding steroid dienone is 4. The predicted octanol–water partition coefficient (Wildman–Crippen LogP) is 6.61. The van der Waals surface area contributed by atoms with Gasteiger partial charge in [0.15, 0.2) is 0 Å². The van der Waals surface area contributed by atoms with Gasteiger partial charge < -0.3 is 4.57 Å². The van der Waals surface area contributed by atoms with Gasteiger partial charge in [0.05, 0.1) is 23.3 Å². The fourth-order valence-electron chi connectivity index (χ4n) is 5.80. The van der Waals surface area contributed by atoms with Gasteiger partial charge in [-0.3, -0.25) is 4.98 Å². The third-order valence-electron chi connectivity index (χ3n) is 7.93. The van der Waals surface area contributed by atoms with Crippen molar-refractivity contribution < 1.29 is 13.2 Å². The third-order valence-corrected chi connectivity index (χ3v) is 7.93. The average molecular weight is 591 g/mol. The maximum atomic E-state index is 13.7. The molecule has 0 aliphatic heterocycles. The van der Waals surface area contributed by atoms with Crippen molar-refractivity contribution >= 4 is 16.6 Å². The summed E-state index contributed by atoms with van der Waals surface area (Å²) >= 11 is 0. The van der Waals surface area contributed by atoms with Gasteiger partial charge >= 0.3 is 6.18 Å². The predicted molar refractivity (Wildman–Crippen MR) is 157 cm³/mol. The first-order valence-electron chi connectivity index (χ1n) is 13.8. The molecule has 0 saturated carbocycles. The number of pyridine rings is 2. The molecule has 11 heteroatoms. The third kappa shape index (κ3) is 5.25. The molecule has 0 saturated heterocycles. The largest absolute Gasteiger partial charge is 0.433 e. The number of nitriles is 2. The van der Waals surface area contributed by atoms with Gasteiger partial charge in [0.1, 0.15) is 23.5 Å². The van der Waals surface area contributed by atoms with Crippen LogP contribution in [0.15, 0.2) is 79.2 Å². The van der Waals surface area contributed by atoms with Crippen LogP contribution in [0.25, 0.3) is 16.6 Å². The van der Waals surface area contributed by atoms with Crippen molar-refractivity contribution in [1.29, 1.82) is 10.5 Å². The van der Waals surface area contributed by atoms with Gasteiger partial charge in [-0.1, -0.05) is 17.7 Å². The second-order valence-corrected chi connectivity index (χ2v) is 10.7. The number of nitrogens with zero attached hydrogens (tertiary/aromatic N) is 8. The second kappa shape index (κ2) is 11.3. The molecule has 0 N–H and O–H groups in total. The molecule has 0 radical (unpaired) electrons. The summed E-state index contributed by atoms with van der Waals surface area (Å²) in [7, 11) is 1.78. The van der Waals surface area contributed by atoms with Crippen molar-refractivity contribution in [3.8, 4) is 12.1 Å². The summed E-state index contributed by atoms with van der Waals surface area (Å²) < 4.78 is 44.6. The smallest absolute Gasteiger partial charge is 0.337 e. The van der Waals surface area contributed by atoms with Crippen LogP contribution in [0, 0.1) is 29.6 Å². The lowest BCUT2D eigenvalue weighted by atomic mass is 9.85. The molecule has 0 spiro atoms. The highest BCUT2D eigenvalue weighted by Gasteiger charge is 2.34. The van der Waals surface area contributed by atoms with E-state index < -0.39 is 17.8 Å². The minimum Gasteiger partial charge on any atom is -0.337 e.